The van der Waals surface area contributed by atoms with E-state index < -0.39 is 0 Å². The molecule has 0 aromatic carbocycles. The van der Waals surface area contributed by atoms with Gasteiger partial charge in [-0.25, -0.2) is 9.97 Å². The molecule has 0 spiro atoms. The van der Waals surface area contributed by atoms with Crippen molar-refractivity contribution in [2.45, 2.75) is 26.2 Å². The monoisotopic (exact) mass is 219 g/mol. The van der Waals surface area contributed by atoms with E-state index in [-0.39, 0.29) is 0 Å². The van der Waals surface area contributed by atoms with Crippen molar-refractivity contribution in [3.05, 3.63) is 12.4 Å². The largest absolute Gasteiger partial charge is 0.370 e. The highest BCUT2D eigenvalue weighted by molar-refractivity contribution is 5.50. The van der Waals surface area contributed by atoms with Crippen LogP contribution in [0.25, 0.3) is 0 Å². The van der Waals surface area contributed by atoms with E-state index in [1.54, 1.807) is 13.1 Å². The van der Waals surface area contributed by atoms with Crippen LogP contribution in [0.5, 0.6) is 0 Å². The second-order valence-electron chi connectivity index (χ2n) is 3.55. The molecule has 0 atom stereocenters. The Morgan fingerprint density at radius 1 is 1.44 bits per heavy atom. The van der Waals surface area contributed by atoms with Crippen LogP contribution in [0.15, 0.2) is 12.4 Å². The van der Waals surface area contributed by atoms with Gasteiger partial charge in [-0.05, 0) is 6.42 Å². The zero-order valence-corrected chi connectivity index (χ0v) is 9.77. The summed E-state index contributed by atoms with van der Waals surface area (Å²) >= 11 is 0. The number of hydrogen-bond acceptors (Lipinski definition) is 5. The first-order chi connectivity index (χ1) is 7.77. The minimum Gasteiger partial charge on any atom is -0.370 e. The zero-order valence-electron chi connectivity index (χ0n) is 9.77. The quantitative estimate of drug-likeness (QED) is 0.450. The van der Waals surface area contributed by atoms with Gasteiger partial charge in [0.15, 0.2) is 6.19 Å². The van der Waals surface area contributed by atoms with Crippen molar-refractivity contribution in [2.24, 2.45) is 0 Å². The van der Waals surface area contributed by atoms with E-state index >= 15 is 0 Å². The lowest BCUT2D eigenvalue weighted by molar-refractivity contribution is 0.742. The molecular weight excluding hydrogens is 202 g/mol. The van der Waals surface area contributed by atoms with Gasteiger partial charge in [-0.15, -0.1) is 0 Å². The molecule has 1 N–H and O–H groups in total. The molecule has 86 valence electrons. The summed E-state index contributed by atoms with van der Waals surface area (Å²) in [6.45, 7) is 3.07. The molecule has 0 radical (unpaired) electrons. The molecular formula is C11H17N5. The van der Waals surface area contributed by atoms with E-state index in [1.165, 1.54) is 24.1 Å². The third-order valence-corrected chi connectivity index (χ3v) is 2.23. The summed E-state index contributed by atoms with van der Waals surface area (Å²) in [6, 6.07) is 1.77. The van der Waals surface area contributed by atoms with E-state index in [0.717, 1.165) is 18.8 Å². The maximum atomic E-state index is 8.72. The van der Waals surface area contributed by atoms with Gasteiger partial charge < -0.3 is 5.32 Å². The molecule has 0 bridgehead atoms. The van der Waals surface area contributed by atoms with Crippen LogP contribution in [0.2, 0.25) is 0 Å². The Labute approximate surface area is 96.1 Å². The van der Waals surface area contributed by atoms with Gasteiger partial charge in [0.1, 0.15) is 18.0 Å². The molecule has 0 fully saturated rings. The molecule has 0 aliphatic carbocycles. The van der Waals surface area contributed by atoms with Crippen LogP contribution in [-0.4, -0.2) is 23.6 Å². The number of rotatable bonds is 6. The maximum absolute atomic E-state index is 8.72. The minimum absolute atomic E-state index is 0.607. The standard InChI is InChI=1S/C11H17N5/c1-3-4-5-6-13-10-7-11(15-9-14-10)16(2)8-12/h7,9H,3-6H2,1-2H3,(H,13,14,15). The summed E-state index contributed by atoms with van der Waals surface area (Å²) in [5.74, 6) is 1.37. The predicted octanol–water partition coefficient (Wildman–Crippen LogP) is 2.00. The fourth-order valence-electron chi connectivity index (χ4n) is 1.27. The lowest BCUT2D eigenvalue weighted by atomic mass is 10.2. The second kappa shape index (κ2) is 6.62. The number of anilines is 2. The molecule has 1 aromatic rings. The summed E-state index contributed by atoms with van der Waals surface area (Å²) < 4.78 is 0. The summed E-state index contributed by atoms with van der Waals surface area (Å²) in [7, 11) is 1.67. The zero-order chi connectivity index (χ0) is 11.8. The fourth-order valence-corrected chi connectivity index (χ4v) is 1.27. The number of nitrogens with one attached hydrogen (secondary N) is 1. The van der Waals surface area contributed by atoms with Gasteiger partial charge in [0.05, 0.1) is 0 Å². The van der Waals surface area contributed by atoms with E-state index in [9.17, 15) is 0 Å². The highest BCUT2D eigenvalue weighted by Crippen LogP contribution is 2.11. The Bertz CT molecular complexity index is 358. The van der Waals surface area contributed by atoms with Gasteiger partial charge >= 0.3 is 0 Å². The van der Waals surface area contributed by atoms with Crippen LogP contribution in [0, 0.1) is 11.5 Å². The Morgan fingerprint density at radius 3 is 2.94 bits per heavy atom. The molecule has 0 saturated heterocycles. The molecule has 1 aromatic heterocycles. The maximum Gasteiger partial charge on any atom is 0.185 e. The molecule has 0 aliphatic rings. The molecule has 1 rings (SSSR count). The third-order valence-electron chi connectivity index (χ3n) is 2.23. The van der Waals surface area contributed by atoms with Crippen LogP contribution in [0.4, 0.5) is 11.6 Å². The molecule has 5 nitrogen and oxygen atoms in total. The molecule has 0 amide bonds. The average Bonchev–Trinajstić information content (AvgIpc) is 2.34. The molecule has 16 heavy (non-hydrogen) atoms. The van der Waals surface area contributed by atoms with Crippen molar-refractivity contribution in [2.75, 3.05) is 23.8 Å². The molecule has 0 saturated carbocycles. The number of aromatic nitrogens is 2. The fraction of sp³-hybridized carbons (Fsp3) is 0.545. The highest BCUT2D eigenvalue weighted by Gasteiger charge is 2.02. The molecule has 0 aliphatic heterocycles. The Morgan fingerprint density at radius 2 is 2.25 bits per heavy atom. The molecule has 5 heteroatoms. The highest BCUT2D eigenvalue weighted by atomic mass is 15.2. The normalized spacial score (nSPS) is 9.56. The van der Waals surface area contributed by atoms with Crippen molar-refractivity contribution >= 4 is 11.6 Å². The van der Waals surface area contributed by atoms with Crippen LogP contribution in [-0.2, 0) is 0 Å². The predicted molar refractivity (Wildman–Crippen MR) is 64.1 cm³/mol. The first-order valence-corrected chi connectivity index (χ1v) is 5.47. The van der Waals surface area contributed by atoms with Gasteiger partial charge in [0, 0.05) is 19.7 Å². The number of hydrogen-bond donors (Lipinski definition) is 1. The van der Waals surface area contributed by atoms with Crippen molar-refractivity contribution in [1.82, 2.24) is 9.97 Å². The number of nitrogens with zero attached hydrogens (tertiary/aromatic N) is 4. The lowest BCUT2D eigenvalue weighted by Crippen LogP contribution is -2.11. The van der Waals surface area contributed by atoms with Gasteiger partial charge in [-0.1, -0.05) is 19.8 Å². The first kappa shape index (κ1) is 12.2. The van der Waals surface area contributed by atoms with Gasteiger partial charge in [-0.3, -0.25) is 4.90 Å². The van der Waals surface area contributed by atoms with Crippen LogP contribution < -0.4 is 10.2 Å². The van der Waals surface area contributed by atoms with Gasteiger partial charge in [0.25, 0.3) is 0 Å². The van der Waals surface area contributed by atoms with E-state index in [4.69, 9.17) is 5.26 Å². The summed E-state index contributed by atoms with van der Waals surface area (Å²) in [6.07, 6.45) is 7.01. The van der Waals surface area contributed by atoms with E-state index in [0.29, 0.717) is 5.82 Å². The van der Waals surface area contributed by atoms with Gasteiger partial charge in [0.2, 0.25) is 0 Å². The third kappa shape index (κ3) is 3.73. The van der Waals surface area contributed by atoms with Crippen molar-refractivity contribution in [1.29, 1.82) is 5.26 Å². The lowest BCUT2D eigenvalue weighted by Gasteiger charge is -2.09. The van der Waals surface area contributed by atoms with Crippen LogP contribution >= 0.6 is 0 Å². The molecule has 1 heterocycles. The summed E-state index contributed by atoms with van der Waals surface area (Å²) in [5.41, 5.74) is 0. The second-order valence-corrected chi connectivity index (χ2v) is 3.55. The van der Waals surface area contributed by atoms with E-state index in [2.05, 4.69) is 22.2 Å². The minimum atomic E-state index is 0.607. The smallest absolute Gasteiger partial charge is 0.185 e. The van der Waals surface area contributed by atoms with Crippen LogP contribution in [0.1, 0.15) is 26.2 Å². The Kier molecular flexibility index (Phi) is 5.06. The van der Waals surface area contributed by atoms with E-state index in [1.807, 2.05) is 6.19 Å². The van der Waals surface area contributed by atoms with Crippen molar-refractivity contribution in [3.63, 3.8) is 0 Å². The summed E-state index contributed by atoms with van der Waals surface area (Å²) in [4.78, 5) is 9.50. The number of nitriles is 1. The van der Waals surface area contributed by atoms with Crippen LogP contribution in [0.3, 0.4) is 0 Å². The average molecular weight is 219 g/mol. The Balaban J connectivity index is 2.51. The first-order valence-electron chi connectivity index (χ1n) is 5.47. The molecule has 0 unspecified atom stereocenters. The summed E-state index contributed by atoms with van der Waals surface area (Å²) in [5, 5.41) is 11.9. The van der Waals surface area contributed by atoms with Gasteiger partial charge in [-0.2, -0.15) is 5.26 Å². The Hall–Kier alpha value is -1.83. The number of unbranched alkanes of at least 4 members (excludes halogenated alkanes) is 2. The topological polar surface area (TPSA) is 64.8 Å². The van der Waals surface area contributed by atoms with Crippen molar-refractivity contribution < 1.29 is 0 Å². The van der Waals surface area contributed by atoms with Crippen molar-refractivity contribution in [3.8, 4) is 6.19 Å². The SMILES string of the molecule is CCCCCNc1cc(N(C)C#N)ncn1.